The third-order valence-corrected chi connectivity index (χ3v) is 2.61. The fourth-order valence-electron chi connectivity index (χ4n) is 1.80. The lowest BCUT2D eigenvalue weighted by molar-refractivity contribution is -0.121. The molecule has 4 heteroatoms. The average Bonchev–Trinajstić information content (AvgIpc) is 2.42. The molecule has 1 amide bonds. The van der Waals surface area contributed by atoms with E-state index < -0.39 is 0 Å². The predicted molar refractivity (Wildman–Crippen MR) is 64.3 cm³/mol. The standard InChI is InChI=1S/C12H24N2O2/c1-10(2)9-16-7-6-13-11-4-3-5-14-12(15)8-11/h10-11,13H,3-9H2,1-2H3,(H,14,15). The van der Waals surface area contributed by atoms with Crippen molar-refractivity contribution in [3.05, 3.63) is 0 Å². The van der Waals surface area contributed by atoms with E-state index in [1.54, 1.807) is 0 Å². The minimum atomic E-state index is 0.165. The van der Waals surface area contributed by atoms with Crippen LogP contribution in [-0.4, -0.2) is 38.3 Å². The Labute approximate surface area is 98.1 Å². The molecule has 94 valence electrons. The van der Waals surface area contributed by atoms with E-state index in [1.165, 1.54) is 0 Å². The average molecular weight is 228 g/mol. The first kappa shape index (κ1) is 13.5. The lowest BCUT2D eigenvalue weighted by Gasteiger charge is -2.15. The molecule has 0 bridgehead atoms. The fourth-order valence-corrected chi connectivity index (χ4v) is 1.80. The highest BCUT2D eigenvalue weighted by Crippen LogP contribution is 2.05. The van der Waals surface area contributed by atoms with Gasteiger partial charge in [0.2, 0.25) is 5.91 Å². The maximum atomic E-state index is 11.3. The Bertz CT molecular complexity index is 207. The van der Waals surface area contributed by atoms with Crippen LogP contribution in [0.25, 0.3) is 0 Å². The van der Waals surface area contributed by atoms with E-state index in [1.807, 2.05) is 0 Å². The van der Waals surface area contributed by atoms with Gasteiger partial charge in [0.05, 0.1) is 6.61 Å². The molecule has 16 heavy (non-hydrogen) atoms. The van der Waals surface area contributed by atoms with Crippen molar-refractivity contribution in [1.29, 1.82) is 0 Å². The summed E-state index contributed by atoms with van der Waals surface area (Å²) in [6.45, 7) is 7.49. The first-order valence-corrected chi connectivity index (χ1v) is 6.26. The van der Waals surface area contributed by atoms with Gasteiger partial charge < -0.3 is 15.4 Å². The fraction of sp³-hybridized carbons (Fsp3) is 0.917. The monoisotopic (exact) mass is 228 g/mol. The SMILES string of the molecule is CC(C)COCCNC1CCCNC(=O)C1. The molecule has 1 atom stereocenters. The molecule has 1 unspecified atom stereocenters. The van der Waals surface area contributed by atoms with E-state index in [0.29, 0.717) is 18.4 Å². The van der Waals surface area contributed by atoms with Gasteiger partial charge in [0.25, 0.3) is 0 Å². The van der Waals surface area contributed by atoms with Gasteiger partial charge in [-0.2, -0.15) is 0 Å². The maximum Gasteiger partial charge on any atom is 0.221 e. The summed E-state index contributed by atoms with van der Waals surface area (Å²) in [7, 11) is 0. The van der Waals surface area contributed by atoms with Crippen molar-refractivity contribution in [1.82, 2.24) is 10.6 Å². The van der Waals surface area contributed by atoms with Gasteiger partial charge >= 0.3 is 0 Å². The van der Waals surface area contributed by atoms with Crippen LogP contribution < -0.4 is 10.6 Å². The Balaban J connectivity index is 2.05. The van der Waals surface area contributed by atoms with Crippen molar-refractivity contribution in [3.63, 3.8) is 0 Å². The van der Waals surface area contributed by atoms with E-state index >= 15 is 0 Å². The van der Waals surface area contributed by atoms with Crippen LogP contribution >= 0.6 is 0 Å². The smallest absolute Gasteiger partial charge is 0.221 e. The summed E-state index contributed by atoms with van der Waals surface area (Å²) in [5.41, 5.74) is 0. The summed E-state index contributed by atoms with van der Waals surface area (Å²) in [6.07, 6.45) is 2.74. The summed E-state index contributed by atoms with van der Waals surface area (Å²) in [5.74, 6) is 0.752. The summed E-state index contributed by atoms with van der Waals surface area (Å²) in [6, 6.07) is 0.324. The van der Waals surface area contributed by atoms with Crippen LogP contribution in [0.1, 0.15) is 33.1 Å². The Morgan fingerprint density at radius 3 is 3.12 bits per heavy atom. The second kappa shape index (κ2) is 7.63. The Morgan fingerprint density at radius 2 is 2.38 bits per heavy atom. The number of hydrogen-bond acceptors (Lipinski definition) is 3. The topological polar surface area (TPSA) is 50.4 Å². The van der Waals surface area contributed by atoms with Crippen LogP contribution in [0, 0.1) is 5.92 Å². The number of carbonyl (C=O) groups excluding carboxylic acids is 1. The second-order valence-corrected chi connectivity index (χ2v) is 4.82. The van der Waals surface area contributed by atoms with Crippen LogP contribution in [0.15, 0.2) is 0 Å². The van der Waals surface area contributed by atoms with Gasteiger partial charge in [0.15, 0.2) is 0 Å². The lowest BCUT2D eigenvalue weighted by Crippen LogP contribution is -2.34. The van der Waals surface area contributed by atoms with Gasteiger partial charge in [-0.15, -0.1) is 0 Å². The highest BCUT2D eigenvalue weighted by Gasteiger charge is 2.16. The van der Waals surface area contributed by atoms with E-state index in [-0.39, 0.29) is 5.91 Å². The Hall–Kier alpha value is -0.610. The molecule has 0 spiro atoms. The summed E-state index contributed by atoms with van der Waals surface area (Å²) < 4.78 is 5.48. The molecule has 0 aromatic rings. The first-order valence-electron chi connectivity index (χ1n) is 6.26. The molecule has 0 aromatic carbocycles. The van der Waals surface area contributed by atoms with Crippen molar-refractivity contribution in [2.24, 2.45) is 5.92 Å². The Kier molecular flexibility index (Phi) is 6.42. The molecule has 1 saturated heterocycles. The molecule has 0 radical (unpaired) electrons. The molecular formula is C12H24N2O2. The summed E-state index contributed by atoms with van der Waals surface area (Å²) in [5, 5.41) is 6.26. The number of rotatable bonds is 6. The van der Waals surface area contributed by atoms with E-state index in [4.69, 9.17) is 4.74 Å². The van der Waals surface area contributed by atoms with Gasteiger partial charge in [0, 0.05) is 32.2 Å². The molecule has 4 nitrogen and oxygen atoms in total. The van der Waals surface area contributed by atoms with E-state index in [0.717, 1.165) is 39.1 Å². The van der Waals surface area contributed by atoms with Crippen LogP contribution in [0.2, 0.25) is 0 Å². The highest BCUT2D eigenvalue weighted by atomic mass is 16.5. The van der Waals surface area contributed by atoms with Crippen molar-refractivity contribution >= 4 is 5.91 Å². The predicted octanol–water partition coefficient (Wildman–Crippen LogP) is 0.917. The molecular weight excluding hydrogens is 204 g/mol. The number of amides is 1. The zero-order valence-corrected chi connectivity index (χ0v) is 10.4. The molecule has 0 aromatic heterocycles. The quantitative estimate of drug-likeness (QED) is 0.665. The molecule has 1 aliphatic heterocycles. The molecule has 2 N–H and O–H groups in total. The summed E-state index contributed by atoms with van der Waals surface area (Å²) >= 11 is 0. The lowest BCUT2D eigenvalue weighted by atomic mass is 10.1. The van der Waals surface area contributed by atoms with Crippen molar-refractivity contribution in [3.8, 4) is 0 Å². The third kappa shape index (κ3) is 6.08. The maximum absolute atomic E-state index is 11.3. The van der Waals surface area contributed by atoms with Gasteiger partial charge in [-0.3, -0.25) is 4.79 Å². The van der Waals surface area contributed by atoms with Crippen LogP contribution in [0.3, 0.4) is 0 Å². The third-order valence-electron chi connectivity index (χ3n) is 2.61. The zero-order chi connectivity index (χ0) is 11.8. The van der Waals surface area contributed by atoms with Crippen molar-refractivity contribution in [2.75, 3.05) is 26.3 Å². The molecule has 1 aliphatic rings. The van der Waals surface area contributed by atoms with Gasteiger partial charge in [-0.1, -0.05) is 13.8 Å². The normalized spacial score (nSPS) is 21.9. The van der Waals surface area contributed by atoms with Gasteiger partial charge in [-0.25, -0.2) is 0 Å². The largest absolute Gasteiger partial charge is 0.380 e. The summed E-state index contributed by atoms with van der Waals surface area (Å²) in [4.78, 5) is 11.3. The highest BCUT2D eigenvalue weighted by molar-refractivity contribution is 5.76. The number of carbonyl (C=O) groups is 1. The van der Waals surface area contributed by atoms with Crippen LogP contribution in [-0.2, 0) is 9.53 Å². The number of ether oxygens (including phenoxy) is 1. The second-order valence-electron chi connectivity index (χ2n) is 4.82. The Morgan fingerprint density at radius 1 is 1.56 bits per heavy atom. The number of nitrogens with one attached hydrogen (secondary N) is 2. The molecule has 1 fully saturated rings. The number of hydrogen-bond donors (Lipinski definition) is 2. The molecule has 1 heterocycles. The van der Waals surface area contributed by atoms with Gasteiger partial charge in [-0.05, 0) is 18.8 Å². The van der Waals surface area contributed by atoms with Crippen LogP contribution in [0.4, 0.5) is 0 Å². The molecule has 0 saturated carbocycles. The molecule has 1 rings (SSSR count). The van der Waals surface area contributed by atoms with Gasteiger partial charge in [0.1, 0.15) is 0 Å². The first-order chi connectivity index (χ1) is 7.68. The minimum absolute atomic E-state index is 0.165. The van der Waals surface area contributed by atoms with E-state index in [9.17, 15) is 4.79 Å². The molecule has 0 aliphatic carbocycles. The van der Waals surface area contributed by atoms with Crippen LogP contribution in [0.5, 0.6) is 0 Å². The van der Waals surface area contributed by atoms with E-state index in [2.05, 4.69) is 24.5 Å². The minimum Gasteiger partial charge on any atom is -0.380 e. The van der Waals surface area contributed by atoms with Crippen molar-refractivity contribution in [2.45, 2.75) is 39.2 Å². The van der Waals surface area contributed by atoms with Crippen molar-refractivity contribution < 1.29 is 9.53 Å². The zero-order valence-electron chi connectivity index (χ0n) is 10.4.